The van der Waals surface area contributed by atoms with E-state index >= 15 is 0 Å². The van der Waals surface area contributed by atoms with Crippen LogP contribution in [-0.2, 0) is 4.79 Å². The molecule has 0 heterocycles. The summed E-state index contributed by atoms with van der Waals surface area (Å²) < 4.78 is 0. The summed E-state index contributed by atoms with van der Waals surface area (Å²) in [5.74, 6) is 0. The molecule has 0 bridgehead atoms. The Hall–Kier alpha value is -0.590. The zero-order valence-corrected chi connectivity index (χ0v) is 10.9. The molecule has 0 aromatic rings. The largest absolute Gasteiger partial charge is 0.303 e. The van der Waals surface area contributed by atoms with E-state index in [2.05, 4.69) is 19.1 Å². The fourth-order valence-electron chi connectivity index (χ4n) is 1.77. The normalized spacial score (nSPS) is 11.1. The molecule has 0 radical (unpaired) electrons. The summed E-state index contributed by atoms with van der Waals surface area (Å²) in [5.41, 5.74) is 0. The van der Waals surface area contributed by atoms with Crippen LogP contribution >= 0.6 is 0 Å². The summed E-state index contributed by atoms with van der Waals surface area (Å²) in [7, 11) is 0. The summed E-state index contributed by atoms with van der Waals surface area (Å²) >= 11 is 0. The van der Waals surface area contributed by atoms with Crippen LogP contribution in [0, 0.1) is 0 Å². The Morgan fingerprint density at radius 3 is 1.69 bits per heavy atom. The van der Waals surface area contributed by atoms with Gasteiger partial charge in [-0.15, -0.1) is 0 Å². The number of allylic oxidation sites excluding steroid dienone is 2. The van der Waals surface area contributed by atoms with E-state index in [0.29, 0.717) is 0 Å². The van der Waals surface area contributed by atoms with Crippen LogP contribution in [-0.4, -0.2) is 6.29 Å². The van der Waals surface area contributed by atoms with Gasteiger partial charge in [0.1, 0.15) is 6.29 Å². The van der Waals surface area contributed by atoms with Gasteiger partial charge in [0.25, 0.3) is 0 Å². The summed E-state index contributed by atoms with van der Waals surface area (Å²) in [4.78, 5) is 10.1. The van der Waals surface area contributed by atoms with Crippen LogP contribution in [0.3, 0.4) is 0 Å². The van der Waals surface area contributed by atoms with Crippen LogP contribution in [0.1, 0.15) is 77.6 Å². The third kappa shape index (κ3) is 13.4. The zero-order valence-electron chi connectivity index (χ0n) is 10.9. The minimum atomic E-state index is 0.743. The molecule has 0 saturated carbocycles. The highest BCUT2D eigenvalue weighted by Gasteiger charge is 1.88. The molecule has 0 aromatic carbocycles. The number of carbonyl (C=O) groups is 1. The van der Waals surface area contributed by atoms with Crippen molar-refractivity contribution in [2.75, 3.05) is 0 Å². The van der Waals surface area contributed by atoms with E-state index in [1.807, 2.05) is 0 Å². The van der Waals surface area contributed by atoms with E-state index in [-0.39, 0.29) is 0 Å². The lowest BCUT2D eigenvalue weighted by atomic mass is 10.1. The van der Waals surface area contributed by atoms with Gasteiger partial charge in [-0.25, -0.2) is 0 Å². The fraction of sp³-hybridized carbons (Fsp3) is 0.800. The molecule has 0 rings (SSSR count). The van der Waals surface area contributed by atoms with Gasteiger partial charge >= 0.3 is 0 Å². The van der Waals surface area contributed by atoms with Crippen molar-refractivity contribution in [1.82, 2.24) is 0 Å². The molecule has 0 amide bonds. The molecule has 1 heteroatoms. The van der Waals surface area contributed by atoms with E-state index < -0.39 is 0 Å². The van der Waals surface area contributed by atoms with Crippen molar-refractivity contribution in [3.8, 4) is 0 Å². The first-order chi connectivity index (χ1) is 7.91. The van der Waals surface area contributed by atoms with E-state index in [4.69, 9.17) is 0 Å². The highest BCUT2D eigenvalue weighted by Crippen LogP contribution is 2.07. The summed E-state index contributed by atoms with van der Waals surface area (Å²) in [6.07, 6.45) is 19.2. The average Bonchev–Trinajstić information content (AvgIpc) is 2.31. The Kier molecular flexibility index (Phi) is 13.9. The zero-order chi connectivity index (χ0) is 11.9. The lowest BCUT2D eigenvalue weighted by Gasteiger charge is -1.96. The van der Waals surface area contributed by atoms with Crippen molar-refractivity contribution in [3.63, 3.8) is 0 Å². The van der Waals surface area contributed by atoms with Gasteiger partial charge in [0.05, 0.1) is 0 Å². The molecule has 16 heavy (non-hydrogen) atoms. The Morgan fingerprint density at radius 1 is 0.688 bits per heavy atom. The lowest BCUT2D eigenvalue weighted by Crippen LogP contribution is -1.79. The first-order valence-electron chi connectivity index (χ1n) is 7.00. The van der Waals surface area contributed by atoms with Crippen LogP contribution in [0.5, 0.6) is 0 Å². The SMILES string of the molecule is CCCCCCC=CCCCCCCC=O. The predicted molar refractivity (Wildman–Crippen MR) is 71.7 cm³/mol. The molecule has 0 spiro atoms. The first kappa shape index (κ1) is 15.4. The highest BCUT2D eigenvalue weighted by molar-refractivity contribution is 5.48. The quantitative estimate of drug-likeness (QED) is 0.257. The molecule has 1 nitrogen and oxygen atoms in total. The minimum absolute atomic E-state index is 0.743. The second kappa shape index (κ2) is 14.4. The number of carbonyl (C=O) groups excluding carboxylic acids is 1. The molecular formula is C15H28O. The van der Waals surface area contributed by atoms with Crippen molar-refractivity contribution < 1.29 is 4.79 Å². The van der Waals surface area contributed by atoms with Crippen LogP contribution in [0.4, 0.5) is 0 Å². The summed E-state index contributed by atoms with van der Waals surface area (Å²) in [6, 6.07) is 0. The minimum Gasteiger partial charge on any atom is -0.303 e. The highest BCUT2D eigenvalue weighted by atomic mass is 16.1. The Balaban J connectivity index is 3.00. The predicted octanol–water partition coefficient (Wildman–Crippen LogP) is 5.05. The van der Waals surface area contributed by atoms with Gasteiger partial charge < -0.3 is 4.79 Å². The molecule has 0 unspecified atom stereocenters. The van der Waals surface area contributed by atoms with Crippen LogP contribution < -0.4 is 0 Å². The van der Waals surface area contributed by atoms with Gasteiger partial charge in [-0.05, 0) is 32.1 Å². The topological polar surface area (TPSA) is 17.1 Å². The molecule has 0 N–H and O–H groups in total. The molecule has 0 saturated heterocycles. The number of rotatable bonds is 12. The Morgan fingerprint density at radius 2 is 1.19 bits per heavy atom. The maximum atomic E-state index is 10.1. The maximum absolute atomic E-state index is 10.1. The smallest absolute Gasteiger partial charge is 0.119 e. The molecule has 0 aliphatic rings. The van der Waals surface area contributed by atoms with E-state index in [1.54, 1.807) is 0 Å². The molecule has 0 atom stereocenters. The van der Waals surface area contributed by atoms with Gasteiger partial charge in [-0.2, -0.15) is 0 Å². The summed E-state index contributed by atoms with van der Waals surface area (Å²) in [6.45, 7) is 2.25. The van der Waals surface area contributed by atoms with Crippen LogP contribution in [0.25, 0.3) is 0 Å². The average molecular weight is 224 g/mol. The van der Waals surface area contributed by atoms with Crippen LogP contribution in [0.15, 0.2) is 12.2 Å². The third-order valence-corrected chi connectivity index (χ3v) is 2.83. The van der Waals surface area contributed by atoms with Gasteiger partial charge in [0.15, 0.2) is 0 Å². The monoisotopic (exact) mass is 224 g/mol. The van der Waals surface area contributed by atoms with Crippen molar-refractivity contribution in [2.45, 2.75) is 77.6 Å². The van der Waals surface area contributed by atoms with Gasteiger partial charge in [0.2, 0.25) is 0 Å². The van der Waals surface area contributed by atoms with E-state index in [1.165, 1.54) is 57.8 Å². The van der Waals surface area contributed by atoms with Crippen molar-refractivity contribution in [2.24, 2.45) is 0 Å². The molecule has 0 aromatic heterocycles. The third-order valence-electron chi connectivity index (χ3n) is 2.83. The van der Waals surface area contributed by atoms with Gasteiger partial charge in [0, 0.05) is 6.42 Å². The number of unbranched alkanes of at least 4 members (excludes halogenated alkanes) is 9. The number of aldehydes is 1. The van der Waals surface area contributed by atoms with Crippen LogP contribution in [0.2, 0.25) is 0 Å². The number of hydrogen-bond acceptors (Lipinski definition) is 1. The number of hydrogen-bond donors (Lipinski definition) is 0. The second-order valence-corrected chi connectivity index (χ2v) is 4.48. The Labute approximate surface area is 101 Å². The summed E-state index contributed by atoms with van der Waals surface area (Å²) in [5, 5.41) is 0. The lowest BCUT2D eigenvalue weighted by molar-refractivity contribution is -0.107. The molecule has 0 aliphatic heterocycles. The van der Waals surface area contributed by atoms with Gasteiger partial charge in [-0.3, -0.25) is 0 Å². The molecular weight excluding hydrogens is 196 g/mol. The second-order valence-electron chi connectivity index (χ2n) is 4.48. The molecule has 0 aliphatic carbocycles. The molecule has 0 fully saturated rings. The molecule has 94 valence electrons. The van der Waals surface area contributed by atoms with Gasteiger partial charge in [-0.1, -0.05) is 51.2 Å². The van der Waals surface area contributed by atoms with Crippen molar-refractivity contribution in [3.05, 3.63) is 12.2 Å². The van der Waals surface area contributed by atoms with E-state index in [0.717, 1.165) is 19.1 Å². The van der Waals surface area contributed by atoms with E-state index in [9.17, 15) is 4.79 Å². The van der Waals surface area contributed by atoms with Crippen molar-refractivity contribution in [1.29, 1.82) is 0 Å². The standard InChI is InChI=1S/C15H28O/c1-2-3-4-5-6-7-8-9-10-11-12-13-14-15-16/h7-8,15H,2-6,9-14H2,1H3. The fourth-order valence-corrected chi connectivity index (χ4v) is 1.77. The first-order valence-corrected chi connectivity index (χ1v) is 7.00. The maximum Gasteiger partial charge on any atom is 0.119 e. The van der Waals surface area contributed by atoms with Crippen molar-refractivity contribution >= 4 is 6.29 Å². The Bertz CT molecular complexity index is 161.